The van der Waals surface area contributed by atoms with Crippen LogP contribution in [0, 0.1) is 0 Å². The van der Waals surface area contributed by atoms with Gasteiger partial charge in [0, 0.05) is 43.3 Å². The molecule has 0 spiro atoms. The number of amides is 4. The molecule has 4 amide bonds. The van der Waals surface area contributed by atoms with Crippen molar-refractivity contribution in [1.82, 2.24) is 24.3 Å². The van der Waals surface area contributed by atoms with E-state index in [0.717, 1.165) is 90.2 Å². The minimum absolute atomic E-state index is 0.144. The second-order valence-electron chi connectivity index (χ2n) is 11.4. The quantitative estimate of drug-likeness (QED) is 0.143. The highest BCUT2D eigenvalue weighted by Crippen LogP contribution is 2.06. The van der Waals surface area contributed by atoms with E-state index in [9.17, 15) is 24.0 Å². The molecule has 0 fully saturated rings. The second-order valence-corrected chi connectivity index (χ2v) is 11.4. The molecule has 1 heterocycles. The second kappa shape index (κ2) is 22.8. The molecule has 13 heteroatoms. The van der Waals surface area contributed by atoms with Gasteiger partial charge in [-0.2, -0.15) is 0 Å². The summed E-state index contributed by atoms with van der Waals surface area (Å²) in [6.45, 7) is 12.8. The Hall–Kier alpha value is -3.64. The summed E-state index contributed by atoms with van der Waals surface area (Å²) in [7, 11) is 0. The van der Waals surface area contributed by atoms with Crippen LogP contribution in [0.5, 0.6) is 0 Å². The van der Waals surface area contributed by atoms with Gasteiger partial charge in [-0.1, -0.05) is 59.3 Å². The molecular formula is C32H56N8O5. The van der Waals surface area contributed by atoms with Crippen molar-refractivity contribution in [3.05, 3.63) is 31.5 Å². The van der Waals surface area contributed by atoms with Gasteiger partial charge in [0.05, 0.1) is 0 Å². The smallest absolute Gasteiger partial charge is 0.336 e. The molecule has 254 valence electrons. The molecule has 0 saturated carbocycles. The fourth-order valence-corrected chi connectivity index (χ4v) is 4.35. The first-order chi connectivity index (χ1) is 21.5. The number of unbranched alkanes of at least 4 members (excludes halogenated alkanes) is 8. The van der Waals surface area contributed by atoms with E-state index in [1.165, 1.54) is 5.71 Å². The van der Waals surface area contributed by atoms with E-state index in [1.54, 1.807) is 6.92 Å². The molecule has 0 atom stereocenters. The zero-order valence-electron chi connectivity index (χ0n) is 28.5. The number of hydrogen-bond donors (Lipinski definition) is 2. The zero-order valence-corrected chi connectivity index (χ0v) is 28.5. The van der Waals surface area contributed by atoms with Crippen molar-refractivity contribution < 1.29 is 9.59 Å². The third-order valence-electron chi connectivity index (χ3n) is 7.65. The molecule has 0 aliphatic heterocycles. The van der Waals surface area contributed by atoms with Crippen LogP contribution < -0.4 is 27.7 Å². The molecule has 1 rings (SSSR count). The fourth-order valence-electron chi connectivity index (χ4n) is 4.35. The maximum Gasteiger partial charge on any atom is 0.342 e. The number of hydrogen-bond acceptors (Lipinski definition) is 6. The minimum Gasteiger partial charge on any atom is -0.336 e. The number of aliphatic imine (C=N–C) groups is 3. The van der Waals surface area contributed by atoms with Crippen LogP contribution in [0.3, 0.4) is 0 Å². The zero-order chi connectivity index (χ0) is 33.6. The summed E-state index contributed by atoms with van der Waals surface area (Å²) in [6.07, 6.45) is 10.7. The molecule has 0 aromatic carbocycles. The molecular weight excluding hydrogens is 576 g/mol. The van der Waals surface area contributed by atoms with Crippen molar-refractivity contribution in [2.45, 2.75) is 145 Å². The number of nitrogens with zero attached hydrogens (tertiary/aromatic N) is 6. The molecule has 0 aliphatic rings. The average Bonchev–Trinajstić information content (AvgIpc) is 3.01. The number of carbonyl (C=O) groups excluding carboxylic acids is 2. The van der Waals surface area contributed by atoms with Gasteiger partial charge < -0.3 is 10.6 Å². The Bertz CT molecular complexity index is 1340. The third kappa shape index (κ3) is 15.8. The molecule has 1 aromatic rings. The topological polar surface area (TPSA) is 161 Å². The maximum atomic E-state index is 13.3. The van der Waals surface area contributed by atoms with E-state index in [4.69, 9.17) is 0 Å². The SMILES string of the molecule is CC/C(C)=N/CCCCCCCCn1c(=O)n(CCCCCCNC(=O)/N=C(\C)CC)c(=O)n(CNC(=O)/N=C(\C)CC)c1=O. The molecule has 1 aromatic heterocycles. The lowest BCUT2D eigenvalue weighted by atomic mass is 10.1. The van der Waals surface area contributed by atoms with Gasteiger partial charge in [-0.05, 0) is 65.7 Å². The van der Waals surface area contributed by atoms with Crippen LogP contribution in [0.15, 0.2) is 29.4 Å². The lowest BCUT2D eigenvalue weighted by molar-refractivity contribution is 0.245. The number of nitrogens with one attached hydrogen (secondary N) is 2. The Labute approximate surface area is 267 Å². The highest BCUT2D eigenvalue weighted by molar-refractivity contribution is 5.93. The van der Waals surface area contributed by atoms with Crippen molar-refractivity contribution in [3.63, 3.8) is 0 Å². The Morgan fingerprint density at radius 1 is 0.556 bits per heavy atom. The van der Waals surface area contributed by atoms with E-state index in [1.807, 2.05) is 27.7 Å². The summed E-state index contributed by atoms with van der Waals surface area (Å²) in [5.74, 6) is 0. The van der Waals surface area contributed by atoms with E-state index in [2.05, 4.69) is 32.5 Å². The summed E-state index contributed by atoms with van der Waals surface area (Å²) >= 11 is 0. The first-order valence-corrected chi connectivity index (χ1v) is 16.6. The number of aromatic nitrogens is 3. The van der Waals surface area contributed by atoms with Gasteiger partial charge in [0.2, 0.25) is 0 Å². The highest BCUT2D eigenvalue weighted by Gasteiger charge is 2.16. The Morgan fingerprint density at radius 2 is 0.978 bits per heavy atom. The van der Waals surface area contributed by atoms with Crippen LogP contribution in [-0.4, -0.2) is 56.0 Å². The summed E-state index contributed by atoms with van der Waals surface area (Å²) in [5.41, 5.74) is 0.438. The van der Waals surface area contributed by atoms with Crippen LogP contribution in [0.25, 0.3) is 0 Å². The molecule has 2 N–H and O–H groups in total. The van der Waals surface area contributed by atoms with Gasteiger partial charge in [-0.3, -0.25) is 4.99 Å². The van der Waals surface area contributed by atoms with Crippen molar-refractivity contribution in [2.75, 3.05) is 13.1 Å². The maximum absolute atomic E-state index is 13.3. The number of urea groups is 2. The van der Waals surface area contributed by atoms with Crippen LogP contribution in [0.2, 0.25) is 0 Å². The van der Waals surface area contributed by atoms with Crippen LogP contribution in [0.4, 0.5) is 9.59 Å². The third-order valence-corrected chi connectivity index (χ3v) is 7.65. The van der Waals surface area contributed by atoms with E-state index in [0.29, 0.717) is 31.5 Å². The molecule has 0 radical (unpaired) electrons. The number of carbonyl (C=O) groups is 2. The van der Waals surface area contributed by atoms with Gasteiger partial charge in [-0.25, -0.2) is 47.7 Å². The molecule has 13 nitrogen and oxygen atoms in total. The van der Waals surface area contributed by atoms with Gasteiger partial charge in [0.15, 0.2) is 0 Å². The summed E-state index contributed by atoms with van der Waals surface area (Å²) in [5, 5.41) is 5.26. The summed E-state index contributed by atoms with van der Waals surface area (Å²) in [6, 6.07) is -0.998. The standard InChI is InChI=1S/C32H56N8O5/c1-7-25(4)33-20-16-12-10-11-14-18-22-38-30(43)39(23-19-15-13-17-21-34-28(41)36-26(5)8-2)32(45)40(31(38)44)24-35-29(42)37-27(6)9-3/h7-24H2,1-6H3,(H,34,41)(H,35,42)/b33-25+,36-26+,37-27+. The lowest BCUT2D eigenvalue weighted by Gasteiger charge is -2.14. The largest absolute Gasteiger partial charge is 0.342 e. The van der Waals surface area contributed by atoms with Crippen LogP contribution in [0.1, 0.15) is 125 Å². The predicted octanol–water partition coefficient (Wildman–Crippen LogP) is 5.06. The van der Waals surface area contributed by atoms with Crippen molar-refractivity contribution in [2.24, 2.45) is 15.0 Å². The highest BCUT2D eigenvalue weighted by atomic mass is 16.2. The fraction of sp³-hybridized carbons (Fsp3) is 0.750. The molecule has 0 unspecified atom stereocenters. The monoisotopic (exact) mass is 632 g/mol. The number of rotatable bonds is 21. The summed E-state index contributed by atoms with van der Waals surface area (Å²) < 4.78 is 3.07. The molecule has 0 saturated heterocycles. The Kier molecular flexibility index (Phi) is 20.0. The Balaban J connectivity index is 2.85. The van der Waals surface area contributed by atoms with Crippen LogP contribution >= 0.6 is 0 Å². The molecule has 45 heavy (non-hydrogen) atoms. The molecule has 0 bridgehead atoms. The average molecular weight is 633 g/mol. The summed E-state index contributed by atoms with van der Waals surface area (Å²) in [4.78, 5) is 76.1. The van der Waals surface area contributed by atoms with Gasteiger partial charge >= 0.3 is 29.1 Å². The van der Waals surface area contributed by atoms with Crippen molar-refractivity contribution >= 4 is 29.2 Å². The predicted molar refractivity (Wildman–Crippen MR) is 182 cm³/mol. The van der Waals surface area contributed by atoms with Crippen molar-refractivity contribution in [1.29, 1.82) is 0 Å². The normalized spacial score (nSPS) is 12.4. The van der Waals surface area contributed by atoms with E-state index in [-0.39, 0.29) is 25.8 Å². The van der Waals surface area contributed by atoms with Gasteiger partial charge in [0.1, 0.15) is 6.67 Å². The first-order valence-electron chi connectivity index (χ1n) is 16.6. The first kappa shape index (κ1) is 39.4. The molecule has 0 aliphatic carbocycles. The van der Waals surface area contributed by atoms with Crippen molar-refractivity contribution in [3.8, 4) is 0 Å². The van der Waals surface area contributed by atoms with Gasteiger partial charge in [0.25, 0.3) is 0 Å². The minimum atomic E-state index is -0.755. The van der Waals surface area contributed by atoms with Crippen LogP contribution in [-0.2, 0) is 19.8 Å². The van der Waals surface area contributed by atoms with E-state index < -0.39 is 23.1 Å². The Morgan fingerprint density at radius 3 is 1.49 bits per heavy atom. The lowest BCUT2D eigenvalue weighted by Crippen LogP contribution is -2.56. The van der Waals surface area contributed by atoms with E-state index >= 15 is 0 Å². The van der Waals surface area contributed by atoms with Gasteiger partial charge in [-0.15, -0.1) is 0 Å².